The van der Waals surface area contributed by atoms with Gasteiger partial charge in [0, 0.05) is 44.3 Å². The first-order valence-corrected chi connectivity index (χ1v) is 18.8. The standard InChI is InChI=1S/C35H56N6O5S/c1-34(2,3)39-32(43)28-20-25-15-11-12-16-26(25)22-41(28)23-29(42)27(19-24-13-9-8-10-14-24)38-33(44)31(35(4,5)47(7,45)46)37-21-30-36-17-18-40(30)6/h8-10,13-14,17-18,25-29,31,37,42H,11-12,15-16,19-23H2,1-7H3,(H,38,44)(H,39,43)/t25?,26?,27?,28-,29+,31+/m0/s1. The Labute approximate surface area is 281 Å². The second-order valence-electron chi connectivity index (χ2n) is 15.3. The van der Waals surface area contributed by atoms with E-state index >= 15 is 0 Å². The highest BCUT2D eigenvalue weighted by atomic mass is 32.2. The van der Waals surface area contributed by atoms with Crippen LogP contribution in [0.1, 0.15) is 78.1 Å². The van der Waals surface area contributed by atoms with Crippen LogP contribution in [-0.4, -0.2) is 93.7 Å². The maximum atomic E-state index is 14.1. The van der Waals surface area contributed by atoms with Crippen molar-refractivity contribution in [2.24, 2.45) is 18.9 Å². The molecule has 1 aromatic carbocycles. The third kappa shape index (κ3) is 9.64. The van der Waals surface area contributed by atoms with Gasteiger partial charge in [-0.3, -0.25) is 19.8 Å². The molecule has 1 aliphatic carbocycles. The largest absolute Gasteiger partial charge is 0.390 e. The number of hydrogen-bond donors (Lipinski definition) is 4. The van der Waals surface area contributed by atoms with E-state index in [1.807, 2.05) is 58.2 Å². The number of piperidine rings is 1. The number of aliphatic hydroxyl groups is 1. The first kappa shape index (κ1) is 37.0. The molecule has 2 aliphatic rings. The fraction of sp³-hybridized carbons (Fsp3) is 0.686. The molecule has 1 aromatic heterocycles. The van der Waals surface area contributed by atoms with Gasteiger partial charge in [-0.25, -0.2) is 13.4 Å². The number of fused-ring (bicyclic) bond motifs is 1. The predicted octanol–water partition coefficient (Wildman–Crippen LogP) is 2.59. The molecule has 3 unspecified atom stereocenters. The minimum Gasteiger partial charge on any atom is -0.390 e. The van der Waals surface area contributed by atoms with Crippen molar-refractivity contribution in [3.63, 3.8) is 0 Å². The number of amides is 2. The Balaban J connectivity index is 1.60. The Kier molecular flexibility index (Phi) is 12.0. The highest BCUT2D eigenvalue weighted by Gasteiger charge is 2.45. The van der Waals surface area contributed by atoms with Gasteiger partial charge >= 0.3 is 0 Å². The third-order valence-corrected chi connectivity index (χ3v) is 12.3. The maximum absolute atomic E-state index is 14.1. The van der Waals surface area contributed by atoms with Crippen molar-refractivity contribution in [1.82, 2.24) is 30.4 Å². The van der Waals surface area contributed by atoms with Crippen LogP contribution in [0, 0.1) is 11.8 Å². The first-order valence-electron chi connectivity index (χ1n) is 16.9. The van der Waals surface area contributed by atoms with Gasteiger partial charge in [0.2, 0.25) is 11.8 Å². The molecule has 2 fully saturated rings. The number of imidazole rings is 1. The molecule has 6 atom stereocenters. The van der Waals surface area contributed by atoms with Crippen LogP contribution in [0.15, 0.2) is 42.7 Å². The summed E-state index contributed by atoms with van der Waals surface area (Å²) in [6, 6.07) is 7.35. The van der Waals surface area contributed by atoms with E-state index in [9.17, 15) is 23.1 Å². The van der Waals surface area contributed by atoms with E-state index in [4.69, 9.17) is 0 Å². The average Bonchev–Trinajstić information content (AvgIpc) is 3.39. The molecule has 262 valence electrons. The Morgan fingerprint density at radius 3 is 2.32 bits per heavy atom. The molecule has 4 rings (SSSR count). The number of likely N-dealkylation sites (tertiary alicyclic amines) is 1. The lowest BCUT2D eigenvalue weighted by atomic mass is 9.72. The summed E-state index contributed by atoms with van der Waals surface area (Å²) < 4.78 is 26.3. The summed E-state index contributed by atoms with van der Waals surface area (Å²) in [7, 11) is -1.86. The molecular formula is C35H56N6O5S. The van der Waals surface area contributed by atoms with E-state index in [1.165, 1.54) is 26.7 Å². The molecule has 2 heterocycles. The smallest absolute Gasteiger partial charge is 0.239 e. The zero-order chi connectivity index (χ0) is 34.6. The quantitative estimate of drug-likeness (QED) is 0.254. The molecule has 1 saturated carbocycles. The van der Waals surface area contributed by atoms with Crippen LogP contribution in [0.2, 0.25) is 0 Å². The number of carbonyl (C=O) groups excluding carboxylic acids is 2. The van der Waals surface area contributed by atoms with E-state index < -0.39 is 44.2 Å². The Bertz CT molecular complexity index is 1450. The number of aryl methyl sites for hydroxylation is 1. The molecule has 0 bridgehead atoms. The van der Waals surface area contributed by atoms with E-state index in [-0.39, 0.29) is 25.0 Å². The number of nitrogens with zero attached hydrogens (tertiary/aromatic N) is 3. The van der Waals surface area contributed by atoms with Gasteiger partial charge in [-0.15, -0.1) is 0 Å². The SMILES string of the molecule is Cn1ccnc1CN[C@H](C(=O)NC(Cc1ccccc1)[C@H](O)CN1CC2CCCCC2C[C@H]1C(=O)NC(C)(C)C)C(C)(C)S(C)(=O)=O. The highest BCUT2D eigenvalue weighted by molar-refractivity contribution is 7.92. The number of carbonyl (C=O) groups is 2. The fourth-order valence-corrected chi connectivity index (χ4v) is 7.66. The zero-order valence-electron chi connectivity index (χ0n) is 29.2. The number of β-amino-alcohol motifs (C(OH)–C–C–N with tert-alkyl or cyclic N) is 1. The van der Waals surface area contributed by atoms with Crippen LogP contribution in [0.3, 0.4) is 0 Å². The van der Waals surface area contributed by atoms with E-state index in [2.05, 4.69) is 25.8 Å². The summed E-state index contributed by atoms with van der Waals surface area (Å²) in [6.45, 7) is 10.1. The first-order chi connectivity index (χ1) is 22.0. The number of aliphatic hydroxyl groups excluding tert-OH is 1. The van der Waals surface area contributed by atoms with Crippen molar-refractivity contribution in [2.45, 2.75) is 114 Å². The van der Waals surface area contributed by atoms with Crippen LogP contribution in [-0.2, 0) is 39.4 Å². The number of benzene rings is 1. The van der Waals surface area contributed by atoms with Gasteiger partial charge in [-0.2, -0.15) is 0 Å². The number of sulfone groups is 1. The predicted molar refractivity (Wildman–Crippen MR) is 184 cm³/mol. The highest BCUT2D eigenvalue weighted by Crippen LogP contribution is 2.39. The van der Waals surface area contributed by atoms with Crippen molar-refractivity contribution in [2.75, 3.05) is 19.3 Å². The van der Waals surface area contributed by atoms with E-state index in [0.717, 1.165) is 31.1 Å². The fourth-order valence-electron chi connectivity index (χ4n) is 7.04. The van der Waals surface area contributed by atoms with Crippen LogP contribution in [0.4, 0.5) is 0 Å². The summed E-state index contributed by atoms with van der Waals surface area (Å²) in [5, 5.41) is 21.3. The topological polar surface area (TPSA) is 146 Å². The summed E-state index contributed by atoms with van der Waals surface area (Å²) in [6.07, 6.45) is 9.19. The number of nitrogens with one attached hydrogen (secondary N) is 3. The Hall–Kier alpha value is -2.80. The monoisotopic (exact) mass is 672 g/mol. The van der Waals surface area contributed by atoms with Crippen molar-refractivity contribution in [1.29, 1.82) is 0 Å². The van der Waals surface area contributed by atoms with Crippen molar-refractivity contribution < 1.29 is 23.1 Å². The van der Waals surface area contributed by atoms with Gasteiger partial charge in [0.05, 0.1) is 29.5 Å². The second-order valence-corrected chi connectivity index (χ2v) is 17.9. The lowest BCUT2D eigenvalue weighted by Gasteiger charge is -2.47. The van der Waals surface area contributed by atoms with Gasteiger partial charge in [-0.05, 0) is 71.3 Å². The molecule has 0 radical (unpaired) electrons. The van der Waals surface area contributed by atoms with Crippen LogP contribution in [0.5, 0.6) is 0 Å². The van der Waals surface area contributed by atoms with E-state index in [0.29, 0.717) is 30.6 Å². The molecule has 2 aromatic rings. The summed E-state index contributed by atoms with van der Waals surface area (Å²) >= 11 is 0. The third-order valence-electron chi connectivity index (χ3n) is 10.1. The summed E-state index contributed by atoms with van der Waals surface area (Å²) in [4.78, 5) is 34.2. The lowest BCUT2D eigenvalue weighted by molar-refractivity contribution is -0.133. The van der Waals surface area contributed by atoms with E-state index in [1.54, 1.807) is 17.0 Å². The Morgan fingerprint density at radius 2 is 1.72 bits per heavy atom. The number of aromatic nitrogens is 2. The normalized spacial score (nSPS) is 22.9. The van der Waals surface area contributed by atoms with Gasteiger partial charge in [-0.1, -0.05) is 49.6 Å². The van der Waals surface area contributed by atoms with Crippen molar-refractivity contribution in [3.8, 4) is 0 Å². The molecule has 12 heteroatoms. The molecule has 47 heavy (non-hydrogen) atoms. The second kappa shape index (κ2) is 15.2. The maximum Gasteiger partial charge on any atom is 0.239 e. The molecule has 1 aliphatic heterocycles. The van der Waals surface area contributed by atoms with Gasteiger partial charge < -0.3 is 20.3 Å². The Morgan fingerprint density at radius 1 is 1.06 bits per heavy atom. The van der Waals surface area contributed by atoms with Crippen molar-refractivity contribution >= 4 is 21.7 Å². The number of hydrogen-bond acceptors (Lipinski definition) is 8. The zero-order valence-corrected chi connectivity index (χ0v) is 30.0. The molecule has 4 N–H and O–H groups in total. The minimum atomic E-state index is -3.69. The molecule has 2 amide bonds. The lowest BCUT2D eigenvalue weighted by Crippen LogP contribution is -2.63. The minimum absolute atomic E-state index is 0.0363. The molecule has 0 spiro atoms. The number of rotatable bonds is 13. The molecular weight excluding hydrogens is 616 g/mol. The van der Waals surface area contributed by atoms with Gasteiger partial charge in [0.1, 0.15) is 11.9 Å². The van der Waals surface area contributed by atoms with Crippen LogP contribution in [0.25, 0.3) is 0 Å². The van der Waals surface area contributed by atoms with Crippen LogP contribution < -0.4 is 16.0 Å². The van der Waals surface area contributed by atoms with Gasteiger partial charge in [0.15, 0.2) is 9.84 Å². The van der Waals surface area contributed by atoms with Crippen LogP contribution >= 0.6 is 0 Å². The van der Waals surface area contributed by atoms with Crippen molar-refractivity contribution in [3.05, 3.63) is 54.1 Å². The summed E-state index contributed by atoms with van der Waals surface area (Å²) in [5.41, 5.74) is 0.530. The molecule has 1 saturated heterocycles. The summed E-state index contributed by atoms with van der Waals surface area (Å²) in [5.74, 6) is 1.04. The average molecular weight is 673 g/mol. The molecule has 11 nitrogen and oxygen atoms in total. The van der Waals surface area contributed by atoms with Gasteiger partial charge in [0.25, 0.3) is 0 Å².